The number of hydrogen-bond donors (Lipinski definition) is 0. The van der Waals surface area contributed by atoms with Crippen LogP contribution in [0, 0.1) is 0 Å². The van der Waals surface area contributed by atoms with Crippen molar-refractivity contribution in [2.24, 2.45) is 0 Å². The number of carbonyl (C=O) groups is 1. The molecule has 1 aromatic heterocycles. The average Bonchev–Trinajstić information content (AvgIpc) is 2.70. The van der Waals surface area contributed by atoms with Crippen LogP contribution in [-0.2, 0) is 11.3 Å². The van der Waals surface area contributed by atoms with Crippen LogP contribution in [0.25, 0.3) is 11.0 Å². The van der Waals surface area contributed by atoms with Gasteiger partial charge in [-0.25, -0.2) is 9.59 Å². The molecule has 152 valence electrons. The van der Waals surface area contributed by atoms with Crippen LogP contribution in [0.4, 0.5) is 0 Å². The fourth-order valence-electron chi connectivity index (χ4n) is 2.83. The molecule has 0 bridgehead atoms. The highest BCUT2D eigenvalue weighted by atomic mass is 16.5. The van der Waals surface area contributed by atoms with E-state index in [0.29, 0.717) is 39.3 Å². The average molecular weight is 398 g/mol. The number of benzene rings is 2. The van der Waals surface area contributed by atoms with E-state index in [0.717, 1.165) is 0 Å². The predicted octanol–water partition coefficient (Wildman–Crippen LogP) is 3.95. The third-order valence-corrected chi connectivity index (χ3v) is 4.16. The van der Waals surface area contributed by atoms with Crippen molar-refractivity contribution in [3.8, 4) is 17.2 Å². The summed E-state index contributed by atoms with van der Waals surface area (Å²) in [5.74, 6) is 0.991. The third-order valence-electron chi connectivity index (χ3n) is 4.16. The summed E-state index contributed by atoms with van der Waals surface area (Å²) in [6.45, 7) is 3.72. The zero-order valence-corrected chi connectivity index (χ0v) is 16.7. The summed E-state index contributed by atoms with van der Waals surface area (Å²) < 4.78 is 26.7. The van der Waals surface area contributed by atoms with E-state index < -0.39 is 11.6 Å². The molecule has 29 heavy (non-hydrogen) atoms. The minimum atomic E-state index is -0.547. The lowest BCUT2D eigenvalue weighted by Crippen LogP contribution is -2.10. The smallest absolute Gasteiger partial charge is 0.338 e. The van der Waals surface area contributed by atoms with Crippen LogP contribution in [-0.4, -0.2) is 26.3 Å². The summed E-state index contributed by atoms with van der Waals surface area (Å²) in [7, 11) is 3.03. The second kappa shape index (κ2) is 8.68. The van der Waals surface area contributed by atoms with Crippen LogP contribution in [0.3, 0.4) is 0 Å². The van der Waals surface area contributed by atoms with Crippen molar-refractivity contribution in [2.75, 3.05) is 14.2 Å². The van der Waals surface area contributed by atoms with Gasteiger partial charge >= 0.3 is 11.6 Å². The largest absolute Gasteiger partial charge is 0.497 e. The quantitative estimate of drug-likeness (QED) is 0.440. The molecule has 0 amide bonds. The maximum Gasteiger partial charge on any atom is 0.338 e. The Bertz CT molecular complexity index is 1080. The Labute approximate surface area is 167 Å². The van der Waals surface area contributed by atoms with Crippen LogP contribution < -0.4 is 19.8 Å². The number of rotatable bonds is 7. The maximum absolute atomic E-state index is 12.5. The van der Waals surface area contributed by atoms with E-state index in [2.05, 4.69) is 0 Å². The summed E-state index contributed by atoms with van der Waals surface area (Å²) in [5, 5.41) is 0.663. The Balaban J connectivity index is 1.81. The van der Waals surface area contributed by atoms with Crippen LogP contribution in [0.1, 0.15) is 29.8 Å². The summed E-state index contributed by atoms with van der Waals surface area (Å²) in [5.41, 5.74) is 0.680. The second-order valence-electron chi connectivity index (χ2n) is 6.56. The van der Waals surface area contributed by atoms with E-state index in [4.69, 9.17) is 23.4 Å². The van der Waals surface area contributed by atoms with Crippen LogP contribution in [0.2, 0.25) is 0 Å². The van der Waals surface area contributed by atoms with Crippen molar-refractivity contribution in [1.82, 2.24) is 0 Å². The lowest BCUT2D eigenvalue weighted by molar-refractivity contribution is 0.0473. The highest BCUT2D eigenvalue weighted by molar-refractivity contribution is 5.90. The van der Waals surface area contributed by atoms with E-state index in [1.807, 2.05) is 13.8 Å². The molecular formula is C22H22O7. The summed E-state index contributed by atoms with van der Waals surface area (Å²) in [6.07, 6.45) is -0.0293. The first kappa shape index (κ1) is 20.3. The highest BCUT2D eigenvalue weighted by Gasteiger charge is 2.15. The first-order valence-electron chi connectivity index (χ1n) is 9.04. The van der Waals surface area contributed by atoms with Gasteiger partial charge in [-0.15, -0.1) is 0 Å². The van der Waals surface area contributed by atoms with Crippen molar-refractivity contribution in [3.05, 3.63) is 64.0 Å². The Morgan fingerprint density at radius 1 is 1.00 bits per heavy atom. The molecule has 0 aliphatic heterocycles. The van der Waals surface area contributed by atoms with Gasteiger partial charge in [-0.05, 0) is 44.2 Å². The molecule has 0 radical (unpaired) electrons. The normalized spacial score (nSPS) is 10.8. The lowest BCUT2D eigenvalue weighted by atomic mass is 10.1. The topological polar surface area (TPSA) is 84.2 Å². The van der Waals surface area contributed by atoms with E-state index in [9.17, 15) is 9.59 Å². The van der Waals surface area contributed by atoms with Gasteiger partial charge in [0.25, 0.3) is 0 Å². The van der Waals surface area contributed by atoms with Crippen molar-refractivity contribution in [2.45, 2.75) is 26.6 Å². The van der Waals surface area contributed by atoms with Gasteiger partial charge in [-0.1, -0.05) is 0 Å². The van der Waals surface area contributed by atoms with Gasteiger partial charge in [-0.3, -0.25) is 0 Å². The molecule has 0 fully saturated rings. The third kappa shape index (κ3) is 4.68. The Hall–Kier alpha value is -3.48. The van der Waals surface area contributed by atoms with Gasteiger partial charge in [0.15, 0.2) is 11.5 Å². The second-order valence-corrected chi connectivity index (χ2v) is 6.56. The van der Waals surface area contributed by atoms with Crippen LogP contribution in [0.5, 0.6) is 17.2 Å². The zero-order valence-electron chi connectivity index (χ0n) is 16.7. The minimum Gasteiger partial charge on any atom is -0.497 e. The van der Waals surface area contributed by atoms with Crippen LogP contribution in [0.15, 0.2) is 51.7 Å². The van der Waals surface area contributed by atoms with Gasteiger partial charge in [0.1, 0.15) is 17.9 Å². The molecule has 0 atom stereocenters. The number of carbonyl (C=O) groups excluding carboxylic acids is 1. The van der Waals surface area contributed by atoms with Gasteiger partial charge in [0.05, 0.1) is 25.9 Å². The first-order chi connectivity index (χ1) is 13.9. The predicted molar refractivity (Wildman–Crippen MR) is 107 cm³/mol. The van der Waals surface area contributed by atoms with E-state index >= 15 is 0 Å². The summed E-state index contributed by atoms with van der Waals surface area (Å²) in [4.78, 5) is 24.4. The molecule has 7 heteroatoms. The number of esters is 1. The highest BCUT2D eigenvalue weighted by Crippen LogP contribution is 2.29. The Morgan fingerprint density at radius 2 is 1.79 bits per heavy atom. The minimum absolute atomic E-state index is 0.0293. The monoisotopic (exact) mass is 398 g/mol. The number of hydrogen-bond acceptors (Lipinski definition) is 7. The first-order valence-corrected chi connectivity index (χ1v) is 9.04. The molecule has 3 rings (SSSR count). The van der Waals surface area contributed by atoms with Crippen molar-refractivity contribution in [3.63, 3.8) is 0 Å². The summed E-state index contributed by atoms with van der Waals surface area (Å²) >= 11 is 0. The van der Waals surface area contributed by atoms with Gasteiger partial charge in [0, 0.05) is 23.1 Å². The molecule has 0 aliphatic carbocycles. The molecule has 0 saturated heterocycles. The molecule has 0 N–H and O–H groups in total. The lowest BCUT2D eigenvalue weighted by Gasteiger charge is -2.14. The van der Waals surface area contributed by atoms with Gasteiger partial charge in [0.2, 0.25) is 0 Å². The Kier molecular flexibility index (Phi) is 6.07. The SMILES string of the molecule is COc1ccc2c(COC(=O)c3ccc(OC(C)C)c(OC)c3)cc(=O)oc2c1. The standard InChI is InChI=1S/C22H22O7/c1-13(2)28-18-8-5-14(9-20(18)26-4)22(24)27-12-15-10-21(23)29-19-11-16(25-3)6-7-17(15)19/h5-11,13H,12H2,1-4H3. The number of fused-ring (bicyclic) bond motifs is 1. The molecule has 0 aliphatic rings. The van der Waals surface area contributed by atoms with Gasteiger partial charge in [-0.2, -0.15) is 0 Å². The van der Waals surface area contributed by atoms with E-state index in [1.165, 1.54) is 20.3 Å². The maximum atomic E-state index is 12.5. The van der Waals surface area contributed by atoms with Crippen LogP contribution >= 0.6 is 0 Å². The Morgan fingerprint density at radius 3 is 2.48 bits per heavy atom. The fraction of sp³-hybridized carbons (Fsp3) is 0.273. The molecule has 0 saturated carbocycles. The number of methoxy groups -OCH3 is 2. The molecule has 2 aromatic carbocycles. The molecule has 3 aromatic rings. The molecular weight excluding hydrogens is 376 g/mol. The van der Waals surface area contributed by atoms with Crippen molar-refractivity contribution < 1.29 is 28.2 Å². The molecule has 0 spiro atoms. The number of ether oxygens (including phenoxy) is 4. The zero-order chi connectivity index (χ0) is 21.0. The molecule has 1 heterocycles. The van der Waals surface area contributed by atoms with Crippen molar-refractivity contribution in [1.29, 1.82) is 0 Å². The molecule has 0 unspecified atom stereocenters. The van der Waals surface area contributed by atoms with E-state index in [-0.39, 0.29) is 12.7 Å². The molecule has 7 nitrogen and oxygen atoms in total. The van der Waals surface area contributed by atoms with E-state index in [1.54, 1.807) is 36.4 Å². The van der Waals surface area contributed by atoms with Crippen molar-refractivity contribution >= 4 is 16.9 Å². The summed E-state index contributed by atoms with van der Waals surface area (Å²) in [6, 6.07) is 11.2. The van der Waals surface area contributed by atoms with Gasteiger partial charge < -0.3 is 23.4 Å². The fourth-order valence-corrected chi connectivity index (χ4v) is 2.83.